The van der Waals surface area contributed by atoms with E-state index in [0.29, 0.717) is 0 Å². The van der Waals surface area contributed by atoms with Gasteiger partial charge in [-0.05, 0) is 62.4 Å². The topological polar surface area (TPSA) is 12.0 Å². The molecule has 0 spiro atoms. The fraction of sp³-hybridized carbons (Fsp3) is 1.00. The van der Waals surface area contributed by atoms with E-state index >= 15 is 0 Å². The van der Waals surface area contributed by atoms with Crippen LogP contribution in [0.1, 0.15) is 53.4 Å². The summed E-state index contributed by atoms with van der Waals surface area (Å²) in [7, 11) is 2.10. The summed E-state index contributed by atoms with van der Waals surface area (Å²) in [6.45, 7) is 10.8. The molecule has 0 heterocycles. The number of hydrogen-bond donors (Lipinski definition) is 1. The molecule has 1 aliphatic carbocycles. The molecule has 4 unspecified atom stereocenters. The maximum Gasteiger partial charge on any atom is -0.00208 e. The lowest BCUT2D eigenvalue weighted by Crippen LogP contribution is -2.36. The van der Waals surface area contributed by atoms with Crippen molar-refractivity contribution in [2.45, 2.75) is 53.4 Å². The van der Waals surface area contributed by atoms with E-state index in [1.54, 1.807) is 0 Å². The maximum absolute atomic E-state index is 3.39. The van der Waals surface area contributed by atoms with Gasteiger partial charge in [0.1, 0.15) is 0 Å². The Balaban J connectivity index is 2.61. The van der Waals surface area contributed by atoms with Crippen LogP contribution in [0.25, 0.3) is 0 Å². The van der Waals surface area contributed by atoms with Crippen LogP contribution < -0.4 is 5.32 Å². The number of hydrogen-bond acceptors (Lipinski definition) is 1. The molecule has 1 rings (SSSR count). The molecule has 1 N–H and O–H groups in total. The zero-order valence-corrected chi connectivity index (χ0v) is 11.9. The van der Waals surface area contributed by atoms with E-state index in [1.807, 2.05) is 0 Å². The molecule has 0 aromatic heterocycles. The highest BCUT2D eigenvalue weighted by atomic mass is 14.8. The lowest BCUT2D eigenvalue weighted by Gasteiger charge is -2.41. The standard InChI is InChI=1S/C15H31N/c1-6-12(4)15-9-13(11(2)3)7-8-14(15)10-16-5/h11-16H,6-10H2,1-5H3. The molecule has 0 bridgehead atoms. The molecule has 1 aliphatic rings. The van der Waals surface area contributed by atoms with Crippen molar-refractivity contribution in [3.63, 3.8) is 0 Å². The maximum atomic E-state index is 3.39. The average molecular weight is 225 g/mol. The van der Waals surface area contributed by atoms with Crippen molar-refractivity contribution in [3.05, 3.63) is 0 Å². The van der Waals surface area contributed by atoms with Gasteiger partial charge in [0.25, 0.3) is 0 Å². The van der Waals surface area contributed by atoms with E-state index < -0.39 is 0 Å². The third-order valence-electron chi connectivity index (χ3n) is 4.87. The molecule has 0 saturated heterocycles. The van der Waals surface area contributed by atoms with E-state index in [-0.39, 0.29) is 0 Å². The molecule has 1 heteroatoms. The van der Waals surface area contributed by atoms with Gasteiger partial charge in [0.15, 0.2) is 0 Å². The van der Waals surface area contributed by atoms with Gasteiger partial charge in [0, 0.05) is 0 Å². The second kappa shape index (κ2) is 6.64. The van der Waals surface area contributed by atoms with E-state index in [2.05, 4.69) is 40.1 Å². The summed E-state index contributed by atoms with van der Waals surface area (Å²) < 4.78 is 0. The summed E-state index contributed by atoms with van der Waals surface area (Å²) in [6, 6.07) is 0. The molecule has 1 saturated carbocycles. The number of nitrogens with one attached hydrogen (secondary N) is 1. The average Bonchev–Trinajstić information content (AvgIpc) is 2.28. The fourth-order valence-corrected chi connectivity index (χ4v) is 3.42. The molecule has 96 valence electrons. The third-order valence-corrected chi connectivity index (χ3v) is 4.87. The van der Waals surface area contributed by atoms with Gasteiger partial charge in [0.05, 0.1) is 0 Å². The molecular weight excluding hydrogens is 194 g/mol. The van der Waals surface area contributed by atoms with Crippen molar-refractivity contribution in [2.75, 3.05) is 13.6 Å². The van der Waals surface area contributed by atoms with Crippen LogP contribution in [0.15, 0.2) is 0 Å². The predicted octanol–water partition coefficient (Wildman–Crippen LogP) is 3.94. The first-order valence-electron chi connectivity index (χ1n) is 7.24. The zero-order valence-electron chi connectivity index (χ0n) is 11.9. The summed E-state index contributed by atoms with van der Waals surface area (Å²) in [5.41, 5.74) is 0. The van der Waals surface area contributed by atoms with Gasteiger partial charge in [-0.25, -0.2) is 0 Å². The van der Waals surface area contributed by atoms with Crippen molar-refractivity contribution in [3.8, 4) is 0 Å². The summed E-state index contributed by atoms with van der Waals surface area (Å²) >= 11 is 0. The Morgan fingerprint density at radius 2 is 1.88 bits per heavy atom. The SMILES string of the molecule is CCC(C)C1CC(C(C)C)CCC1CNC. The van der Waals surface area contributed by atoms with Crippen molar-refractivity contribution >= 4 is 0 Å². The van der Waals surface area contributed by atoms with E-state index in [1.165, 1.54) is 32.2 Å². The van der Waals surface area contributed by atoms with E-state index in [9.17, 15) is 0 Å². The summed E-state index contributed by atoms with van der Waals surface area (Å²) in [5.74, 6) is 4.64. The minimum Gasteiger partial charge on any atom is -0.319 e. The number of rotatable bonds is 5. The highest BCUT2D eigenvalue weighted by Crippen LogP contribution is 2.41. The van der Waals surface area contributed by atoms with Crippen molar-refractivity contribution in [2.24, 2.45) is 29.6 Å². The Hall–Kier alpha value is -0.0400. The van der Waals surface area contributed by atoms with Crippen LogP contribution in [0.2, 0.25) is 0 Å². The Morgan fingerprint density at radius 1 is 1.19 bits per heavy atom. The molecule has 0 aromatic carbocycles. The van der Waals surface area contributed by atoms with Crippen LogP contribution in [0.4, 0.5) is 0 Å². The van der Waals surface area contributed by atoms with Crippen LogP contribution in [0, 0.1) is 29.6 Å². The highest BCUT2D eigenvalue weighted by Gasteiger charge is 2.33. The summed E-state index contributed by atoms with van der Waals surface area (Å²) in [6.07, 6.45) is 5.71. The Morgan fingerprint density at radius 3 is 2.38 bits per heavy atom. The Bertz CT molecular complexity index is 188. The Labute approximate surface area is 102 Å². The largest absolute Gasteiger partial charge is 0.319 e. The molecule has 4 atom stereocenters. The van der Waals surface area contributed by atoms with Crippen LogP contribution in [-0.4, -0.2) is 13.6 Å². The van der Waals surface area contributed by atoms with Gasteiger partial charge in [-0.15, -0.1) is 0 Å². The molecular formula is C15H31N. The Kier molecular flexibility index (Phi) is 5.82. The molecule has 0 aliphatic heterocycles. The molecule has 0 radical (unpaired) electrons. The first kappa shape index (κ1) is 14.0. The van der Waals surface area contributed by atoms with Crippen molar-refractivity contribution in [1.82, 2.24) is 5.32 Å². The van der Waals surface area contributed by atoms with Gasteiger partial charge in [-0.3, -0.25) is 0 Å². The van der Waals surface area contributed by atoms with Gasteiger partial charge in [0.2, 0.25) is 0 Å². The first-order chi connectivity index (χ1) is 7.60. The summed E-state index contributed by atoms with van der Waals surface area (Å²) in [4.78, 5) is 0. The molecule has 1 nitrogen and oxygen atoms in total. The smallest absolute Gasteiger partial charge is 0.00208 e. The molecule has 0 aromatic rings. The van der Waals surface area contributed by atoms with Crippen molar-refractivity contribution in [1.29, 1.82) is 0 Å². The normalized spacial score (nSPS) is 33.0. The van der Waals surface area contributed by atoms with E-state index in [0.717, 1.165) is 29.6 Å². The van der Waals surface area contributed by atoms with Gasteiger partial charge in [-0.1, -0.05) is 34.1 Å². The lowest BCUT2D eigenvalue weighted by molar-refractivity contribution is 0.103. The fourth-order valence-electron chi connectivity index (χ4n) is 3.42. The van der Waals surface area contributed by atoms with Crippen LogP contribution in [0.3, 0.4) is 0 Å². The second-order valence-electron chi connectivity index (χ2n) is 6.18. The summed E-state index contributed by atoms with van der Waals surface area (Å²) in [5, 5.41) is 3.39. The third kappa shape index (κ3) is 3.48. The predicted molar refractivity (Wildman–Crippen MR) is 72.5 cm³/mol. The van der Waals surface area contributed by atoms with E-state index in [4.69, 9.17) is 0 Å². The molecule has 1 fully saturated rings. The zero-order chi connectivity index (χ0) is 12.1. The second-order valence-corrected chi connectivity index (χ2v) is 6.18. The van der Waals surface area contributed by atoms with Crippen LogP contribution in [-0.2, 0) is 0 Å². The highest BCUT2D eigenvalue weighted by molar-refractivity contribution is 4.84. The lowest BCUT2D eigenvalue weighted by atomic mass is 9.66. The van der Waals surface area contributed by atoms with Crippen LogP contribution >= 0.6 is 0 Å². The molecule has 16 heavy (non-hydrogen) atoms. The first-order valence-corrected chi connectivity index (χ1v) is 7.24. The van der Waals surface area contributed by atoms with Crippen molar-refractivity contribution < 1.29 is 0 Å². The van der Waals surface area contributed by atoms with Gasteiger partial charge >= 0.3 is 0 Å². The minimum absolute atomic E-state index is 0.877. The van der Waals surface area contributed by atoms with Crippen LogP contribution in [0.5, 0.6) is 0 Å². The minimum atomic E-state index is 0.877. The quantitative estimate of drug-likeness (QED) is 0.747. The van der Waals surface area contributed by atoms with Gasteiger partial charge < -0.3 is 5.32 Å². The monoisotopic (exact) mass is 225 g/mol. The van der Waals surface area contributed by atoms with Gasteiger partial charge in [-0.2, -0.15) is 0 Å². The molecule has 0 amide bonds.